The molecular weight excluding hydrogens is 292 g/mol. The zero-order valence-electron chi connectivity index (χ0n) is 12.7. The van der Waals surface area contributed by atoms with E-state index in [9.17, 15) is 9.59 Å². The van der Waals surface area contributed by atoms with Gasteiger partial charge in [0.25, 0.3) is 0 Å². The highest BCUT2D eigenvalue weighted by atomic mass is 16.5. The molecule has 2 aromatic rings. The molecule has 0 atom stereocenters. The van der Waals surface area contributed by atoms with E-state index in [1.165, 1.54) is 0 Å². The lowest BCUT2D eigenvalue weighted by Crippen LogP contribution is -2.33. The molecule has 2 amide bonds. The normalized spacial score (nSPS) is 13.9. The first-order valence-corrected chi connectivity index (χ1v) is 7.61. The second kappa shape index (κ2) is 6.96. The van der Waals surface area contributed by atoms with Crippen molar-refractivity contribution in [2.45, 2.75) is 12.8 Å². The zero-order valence-corrected chi connectivity index (χ0v) is 12.7. The van der Waals surface area contributed by atoms with E-state index in [4.69, 9.17) is 4.74 Å². The molecule has 1 aliphatic heterocycles. The van der Waals surface area contributed by atoms with Crippen LogP contribution in [0.15, 0.2) is 54.6 Å². The predicted molar refractivity (Wildman–Crippen MR) is 87.4 cm³/mol. The maximum absolute atomic E-state index is 12.0. The Kier molecular flexibility index (Phi) is 4.57. The predicted octanol–water partition coefficient (Wildman–Crippen LogP) is 3.04. The number of amides is 2. The van der Waals surface area contributed by atoms with Gasteiger partial charge in [-0.05, 0) is 30.7 Å². The van der Waals surface area contributed by atoms with Crippen molar-refractivity contribution < 1.29 is 14.3 Å². The zero-order chi connectivity index (χ0) is 16.1. The van der Waals surface area contributed by atoms with Gasteiger partial charge in [0.2, 0.25) is 11.8 Å². The van der Waals surface area contributed by atoms with Gasteiger partial charge in [0.05, 0.1) is 6.54 Å². The number of hydrogen-bond donors (Lipinski definition) is 1. The summed E-state index contributed by atoms with van der Waals surface area (Å²) in [7, 11) is 0. The van der Waals surface area contributed by atoms with E-state index in [2.05, 4.69) is 5.32 Å². The quantitative estimate of drug-likeness (QED) is 0.923. The summed E-state index contributed by atoms with van der Waals surface area (Å²) in [5.74, 6) is 1.23. The number of carbonyl (C=O) groups is 2. The number of nitrogens with one attached hydrogen (secondary N) is 1. The van der Waals surface area contributed by atoms with E-state index < -0.39 is 0 Å². The van der Waals surface area contributed by atoms with Gasteiger partial charge in [0.15, 0.2) is 0 Å². The third-order valence-corrected chi connectivity index (χ3v) is 3.60. The first-order chi connectivity index (χ1) is 11.2. The van der Waals surface area contributed by atoms with Crippen LogP contribution in [0.5, 0.6) is 11.5 Å². The van der Waals surface area contributed by atoms with Gasteiger partial charge < -0.3 is 15.0 Å². The van der Waals surface area contributed by atoms with Crippen LogP contribution in [0, 0.1) is 0 Å². The van der Waals surface area contributed by atoms with Crippen molar-refractivity contribution in [1.82, 2.24) is 4.90 Å². The maximum Gasteiger partial charge on any atom is 0.243 e. The van der Waals surface area contributed by atoms with Gasteiger partial charge in [0.1, 0.15) is 11.5 Å². The summed E-state index contributed by atoms with van der Waals surface area (Å²) in [5, 5.41) is 2.80. The first kappa shape index (κ1) is 15.1. The van der Waals surface area contributed by atoms with Crippen molar-refractivity contribution in [3.05, 3.63) is 54.6 Å². The van der Waals surface area contributed by atoms with E-state index in [1.807, 2.05) is 42.5 Å². The molecule has 0 bridgehead atoms. The largest absolute Gasteiger partial charge is 0.457 e. The molecule has 1 N–H and O–H groups in total. The lowest BCUT2D eigenvalue weighted by molar-refractivity contribution is -0.131. The van der Waals surface area contributed by atoms with Crippen LogP contribution in [0.1, 0.15) is 12.8 Å². The fourth-order valence-electron chi connectivity index (χ4n) is 2.51. The van der Waals surface area contributed by atoms with E-state index in [-0.39, 0.29) is 18.4 Å². The van der Waals surface area contributed by atoms with Crippen LogP contribution in [-0.2, 0) is 9.59 Å². The summed E-state index contributed by atoms with van der Waals surface area (Å²) in [5.41, 5.74) is 0.648. The summed E-state index contributed by atoms with van der Waals surface area (Å²) in [4.78, 5) is 25.2. The van der Waals surface area contributed by atoms with Crippen LogP contribution in [0.2, 0.25) is 0 Å². The highest BCUT2D eigenvalue weighted by Gasteiger charge is 2.22. The highest BCUT2D eigenvalue weighted by Crippen LogP contribution is 2.23. The lowest BCUT2D eigenvalue weighted by atomic mass is 10.3. The van der Waals surface area contributed by atoms with Crippen LogP contribution in [0.25, 0.3) is 0 Å². The number of hydrogen-bond acceptors (Lipinski definition) is 3. The van der Waals surface area contributed by atoms with Crippen molar-refractivity contribution in [2.24, 2.45) is 0 Å². The number of rotatable bonds is 5. The molecule has 5 heteroatoms. The van der Waals surface area contributed by atoms with Gasteiger partial charge in [-0.15, -0.1) is 0 Å². The van der Waals surface area contributed by atoms with Crippen LogP contribution in [0.4, 0.5) is 5.69 Å². The maximum atomic E-state index is 12.0. The van der Waals surface area contributed by atoms with E-state index in [0.717, 1.165) is 12.2 Å². The lowest BCUT2D eigenvalue weighted by Gasteiger charge is -2.15. The Balaban J connectivity index is 1.61. The molecule has 0 unspecified atom stereocenters. The SMILES string of the molecule is O=C(CN1CCCC1=O)Nc1cccc(Oc2ccccc2)c1. The topological polar surface area (TPSA) is 58.6 Å². The van der Waals surface area contributed by atoms with Crippen molar-refractivity contribution in [3.8, 4) is 11.5 Å². The Morgan fingerprint density at radius 3 is 2.61 bits per heavy atom. The second-order valence-electron chi connectivity index (χ2n) is 5.41. The minimum atomic E-state index is -0.197. The molecule has 0 saturated carbocycles. The number of likely N-dealkylation sites (tertiary alicyclic amines) is 1. The molecular formula is C18H18N2O3. The van der Waals surface area contributed by atoms with Gasteiger partial charge in [-0.25, -0.2) is 0 Å². The van der Waals surface area contributed by atoms with E-state index in [0.29, 0.717) is 24.4 Å². The Bertz CT molecular complexity index is 700. The molecule has 23 heavy (non-hydrogen) atoms. The number of carbonyl (C=O) groups excluding carboxylic acids is 2. The molecule has 5 nitrogen and oxygen atoms in total. The average molecular weight is 310 g/mol. The minimum Gasteiger partial charge on any atom is -0.457 e. The smallest absolute Gasteiger partial charge is 0.243 e. The number of benzene rings is 2. The summed E-state index contributed by atoms with van der Waals surface area (Å²) in [6, 6.07) is 16.6. The van der Waals surface area contributed by atoms with Crippen LogP contribution in [0.3, 0.4) is 0 Å². The molecule has 0 aliphatic carbocycles. The Morgan fingerprint density at radius 1 is 1.09 bits per heavy atom. The van der Waals surface area contributed by atoms with Crippen molar-refractivity contribution in [2.75, 3.05) is 18.4 Å². The van der Waals surface area contributed by atoms with Crippen LogP contribution >= 0.6 is 0 Å². The molecule has 0 radical (unpaired) electrons. The molecule has 0 spiro atoms. The van der Waals surface area contributed by atoms with E-state index in [1.54, 1.807) is 17.0 Å². The molecule has 1 saturated heterocycles. The molecule has 2 aromatic carbocycles. The van der Waals surface area contributed by atoms with Gasteiger partial charge in [0, 0.05) is 24.7 Å². The summed E-state index contributed by atoms with van der Waals surface area (Å²) in [6.45, 7) is 0.756. The van der Waals surface area contributed by atoms with Crippen LogP contribution < -0.4 is 10.1 Å². The molecule has 118 valence electrons. The Hall–Kier alpha value is -2.82. The third-order valence-electron chi connectivity index (χ3n) is 3.60. The van der Waals surface area contributed by atoms with Crippen molar-refractivity contribution >= 4 is 17.5 Å². The number of ether oxygens (including phenoxy) is 1. The summed E-state index contributed by atoms with van der Waals surface area (Å²) >= 11 is 0. The van der Waals surface area contributed by atoms with Gasteiger partial charge in [-0.1, -0.05) is 24.3 Å². The second-order valence-corrected chi connectivity index (χ2v) is 5.41. The van der Waals surface area contributed by atoms with E-state index >= 15 is 0 Å². The Morgan fingerprint density at radius 2 is 1.87 bits per heavy atom. The summed E-state index contributed by atoms with van der Waals surface area (Å²) in [6.07, 6.45) is 1.36. The fourth-order valence-corrected chi connectivity index (χ4v) is 2.51. The minimum absolute atomic E-state index is 0.0429. The van der Waals surface area contributed by atoms with Gasteiger partial charge in [-0.2, -0.15) is 0 Å². The van der Waals surface area contributed by atoms with Gasteiger partial charge >= 0.3 is 0 Å². The number of para-hydroxylation sites is 1. The van der Waals surface area contributed by atoms with Gasteiger partial charge in [-0.3, -0.25) is 9.59 Å². The fraction of sp³-hybridized carbons (Fsp3) is 0.222. The number of nitrogens with zero attached hydrogens (tertiary/aromatic N) is 1. The molecule has 1 heterocycles. The summed E-state index contributed by atoms with van der Waals surface area (Å²) < 4.78 is 5.74. The third kappa shape index (κ3) is 4.10. The molecule has 0 aromatic heterocycles. The highest BCUT2D eigenvalue weighted by molar-refractivity contribution is 5.95. The first-order valence-electron chi connectivity index (χ1n) is 7.61. The standard InChI is InChI=1S/C18H18N2O3/c21-17(13-20-11-5-10-18(20)22)19-14-6-4-9-16(12-14)23-15-7-2-1-3-8-15/h1-4,6-9,12H,5,10-11,13H2,(H,19,21). The Labute approximate surface area is 134 Å². The average Bonchev–Trinajstić information content (AvgIpc) is 2.93. The molecule has 1 fully saturated rings. The van der Waals surface area contributed by atoms with Crippen molar-refractivity contribution in [3.63, 3.8) is 0 Å². The van der Waals surface area contributed by atoms with Crippen LogP contribution in [-0.4, -0.2) is 29.8 Å². The monoisotopic (exact) mass is 310 g/mol. The molecule has 1 aliphatic rings. The number of anilines is 1. The molecule has 3 rings (SSSR count). The van der Waals surface area contributed by atoms with Crippen molar-refractivity contribution in [1.29, 1.82) is 0 Å².